The van der Waals surface area contributed by atoms with Crippen molar-refractivity contribution in [2.24, 2.45) is 7.05 Å². The molecule has 0 amide bonds. The number of para-hydroxylation sites is 1. The molecule has 0 fully saturated rings. The maximum atomic E-state index is 12.5. The minimum absolute atomic E-state index is 0.261. The summed E-state index contributed by atoms with van der Waals surface area (Å²) < 4.78 is 29.7. The van der Waals surface area contributed by atoms with Gasteiger partial charge in [-0.25, -0.2) is 8.42 Å². The van der Waals surface area contributed by atoms with Gasteiger partial charge >= 0.3 is 0 Å². The number of hydrogen-bond donors (Lipinski definition) is 1. The quantitative estimate of drug-likeness (QED) is 0.807. The third-order valence-electron chi connectivity index (χ3n) is 3.69. The van der Waals surface area contributed by atoms with Crippen LogP contribution in [0.4, 0.5) is 5.69 Å². The van der Waals surface area contributed by atoms with Gasteiger partial charge in [-0.05, 0) is 25.1 Å². The predicted octanol–water partition coefficient (Wildman–Crippen LogP) is 3.29. The maximum absolute atomic E-state index is 12.5. The summed E-state index contributed by atoms with van der Waals surface area (Å²) in [6, 6.07) is 16.1. The van der Waals surface area contributed by atoms with E-state index in [-0.39, 0.29) is 4.90 Å². The number of nitrogens with one attached hydrogen (secondary N) is 1. The van der Waals surface area contributed by atoms with Crippen LogP contribution in [-0.4, -0.2) is 13.0 Å². The molecule has 0 radical (unpaired) electrons. The normalized spacial score (nSPS) is 11.7. The molecule has 0 unspecified atom stereocenters. The molecule has 0 bridgehead atoms. The lowest BCUT2D eigenvalue weighted by Crippen LogP contribution is -2.13. The SMILES string of the molecule is Cc1c(NS(=O)(=O)c2ccccc2)c2ccccc2n1C. The molecule has 0 aliphatic carbocycles. The van der Waals surface area contributed by atoms with Crippen LogP contribution in [0.3, 0.4) is 0 Å². The minimum atomic E-state index is -3.58. The summed E-state index contributed by atoms with van der Waals surface area (Å²) in [6.07, 6.45) is 0. The zero-order valence-corrected chi connectivity index (χ0v) is 12.7. The van der Waals surface area contributed by atoms with Crippen molar-refractivity contribution in [1.82, 2.24) is 4.57 Å². The molecule has 2 aromatic carbocycles. The summed E-state index contributed by atoms with van der Waals surface area (Å²) in [5.74, 6) is 0. The lowest BCUT2D eigenvalue weighted by Gasteiger charge is -2.08. The number of nitrogens with zero attached hydrogens (tertiary/aromatic N) is 1. The van der Waals surface area contributed by atoms with Crippen molar-refractivity contribution < 1.29 is 8.42 Å². The van der Waals surface area contributed by atoms with Gasteiger partial charge in [0.05, 0.1) is 16.1 Å². The fraction of sp³-hybridized carbons (Fsp3) is 0.125. The third-order valence-corrected chi connectivity index (χ3v) is 5.06. The van der Waals surface area contributed by atoms with Gasteiger partial charge in [-0.3, -0.25) is 4.72 Å². The van der Waals surface area contributed by atoms with Gasteiger partial charge in [0, 0.05) is 18.1 Å². The summed E-state index contributed by atoms with van der Waals surface area (Å²) in [7, 11) is -1.65. The van der Waals surface area contributed by atoms with Crippen LogP contribution in [0.5, 0.6) is 0 Å². The minimum Gasteiger partial charge on any atom is -0.346 e. The van der Waals surface area contributed by atoms with Crippen molar-refractivity contribution in [3.63, 3.8) is 0 Å². The maximum Gasteiger partial charge on any atom is 0.261 e. The van der Waals surface area contributed by atoms with E-state index in [0.29, 0.717) is 5.69 Å². The Bertz CT molecular complexity index is 897. The third kappa shape index (κ3) is 2.29. The highest BCUT2D eigenvalue weighted by molar-refractivity contribution is 7.92. The van der Waals surface area contributed by atoms with E-state index < -0.39 is 10.0 Å². The van der Waals surface area contributed by atoms with Crippen molar-refractivity contribution in [2.75, 3.05) is 4.72 Å². The molecular weight excluding hydrogens is 284 g/mol. The molecule has 0 saturated heterocycles. The predicted molar refractivity (Wildman–Crippen MR) is 84.9 cm³/mol. The first-order valence-corrected chi connectivity index (χ1v) is 8.11. The molecule has 3 rings (SSSR count). The highest BCUT2D eigenvalue weighted by atomic mass is 32.2. The zero-order valence-electron chi connectivity index (χ0n) is 11.9. The zero-order chi connectivity index (χ0) is 15.0. The monoisotopic (exact) mass is 300 g/mol. The van der Waals surface area contributed by atoms with Gasteiger partial charge in [0.15, 0.2) is 0 Å². The second-order valence-electron chi connectivity index (χ2n) is 4.96. The lowest BCUT2D eigenvalue weighted by atomic mass is 10.2. The molecule has 1 heterocycles. The van der Waals surface area contributed by atoms with Crippen LogP contribution in [-0.2, 0) is 17.1 Å². The molecule has 1 aromatic heterocycles. The Morgan fingerprint density at radius 2 is 1.57 bits per heavy atom. The number of hydrogen-bond acceptors (Lipinski definition) is 2. The number of rotatable bonds is 3. The summed E-state index contributed by atoms with van der Waals surface area (Å²) in [4.78, 5) is 0.261. The van der Waals surface area contributed by atoms with Crippen LogP contribution in [0.2, 0.25) is 0 Å². The number of benzene rings is 2. The molecule has 5 heteroatoms. The van der Waals surface area contributed by atoms with E-state index in [1.165, 1.54) is 0 Å². The Labute approximate surface area is 124 Å². The molecule has 0 spiro atoms. The van der Waals surface area contributed by atoms with Gasteiger partial charge in [-0.2, -0.15) is 0 Å². The summed E-state index contributed by atoms with van der Waals surface area (Å²) >= 11 is 0. The average Bonchev–Trinajstić information content (AvgIpc) is 2.74. The standard InChI is InChI=1S/C16H16N2O2S/c1-12-16(14-10-6-7-11-15(14)18(12)2)17-21(19,20)13-8-4-3-5-9-13/h3-11,17H,1-2H3. The van der Waals surface area contributed by atoms with Crippen molar-refractivity contribution >= 4 is 26.6 Å². The van der Waals surface area contributed by atoms with Crippen LogP contribution in [0, 0.1) is 6.92 Å². The Balaban J connectivity index is 2.13. The van der Waals surface area contributed by atoms with Crippen LogP contribution >= 0.6 is 0 Å². The van der Waals surface area contributed by atoms with E-state index in [1.807, 2.05) is 42.8 Å². The number of aryl methyl sites for hydroxylation is 1. The number of sulfonamides is 1. The van der Waals surface area contributed by atoms with Gasteiger partial charge in [0.1, 0.15) is 0 Å². The van der Waals surface area contributed by atoms with E-state index in [4.69, 9.17) is 0 Å². The van der Waals surface area contributed by atoms with Crippen LogP contribution in [0.15, 0.2) is 59.5 Å². The summed E-state index contributed by atoms with van der Waals surface area (Å²) in [5.41, 5.74) is 2.52. The second kappa shape index (κ2) is 4.93. The first-order valence-electron chi connectivity index (χ1n) is 6.62. The molecule has 0 saturated carbocycles. The van der Waals surface area contributed by atoms with Crippen LogP contribution in [0.1, 0.15) is 5.69 Å². The fourth-order valence-electron chi connectivity index (χ4n) is 2.44. The van der Waals surface area contributed by atoms with E-state index in [9.17, 15) is 8.42 Å². The summed E-state index contributed by atoms with van der Waals surface area (Å²) in [6.45, 7) is 1.91. The van der Waals surface area contributed by atoms with Crippen molar-refractivity contribution in [2.45, 2.75) is 11.8 Å². The molecule has 21 heavy (non-hydrogen) atoms. The number of aromatic nitrogens is 1. The van der Waals surface area contributed by atoms with Crippen molar-refractivity contribution in [3.05, 3.63) is 60.3 Å². The molecule has 0 aliphatic heterocycles. The topological polar surface area (TPSA) is 51.1 Å². The average molecular weight is 300 g/mol. The van der Waals surface area contributed by atoms with E-state index in [1.54, 1.807) is 30.3 Å². The van der Waals surface area contributed by atoms with E-state index in [2.05, 4.69) is 4.72 Å². The largest absolute Gasteiger partial charge is 0.346 e. The molecule has 4 nitrogen and oxygen atoms in total. The summed E-state index contributed by atoms with van der Waals surface area (Å²) in [5, 5.41) is 0.900. The fourth-order valence-corrected chi connectivity index (χ4v) is 3.60. The van der Waals surface area contributed by atoms with Gasteiger partial charge in [-0.1, -0.05) is 36.4 Å². The van der Waals surface area contributed by atoms with E-state index >= 15 is 0 Å². The highest BCUT2D eigenvalue weighted by Crippen LogP contribution is 2.31. The first-order chi connectivity index (χ1) is 10.0. The smallest absolute Gasteiger partial charge is 0.261 e. The Hall–Kier alpha value is -2.27. The lowest BCUT2D eigenvalue weighted by molar-refractivity contribution is 0.601. The second-order valence-corrected chi connectivity index (χ2v) is 6.64. The van der Waals surface area contributed by atoms with E-state index in [0.717, 1.165) is 16.6 Å². The Morgan fingerprint density at radius 1 is 0.952 bits per heavy atom. The van der Waals surface area contributed by atoms with Crippen molar-refractivity contribution in [3.8, 4) is 0 Å². The van der Waals surface area contributed by atoms with Crippen LogP contribution < -0.4 is 4.72 Å². The van der Waals surface area contributed by atoms with Gasteiger partial charge < -0.3 is 4.57 Å². The molecule has 0 aliphatic rings. The first kappa shape index (κ1) is 13.7. The molecule has 0 atom stereocenters. The van der Waals surface area contributed by atoms with Crippen LogP contribution in [0.25, 0.3) is 10.9 Å². The Kier molecular flexibility index (Phi) is 3.22. The molecule has 1 N–H and O–H groups in total. The molecule has 3 aromatic rings. The van der Waals surface area contributed by atoms with Gasteiger partial charge in [0.2, 0.25) is 0 Å². The van der Waals surface area contributed by atoms with Crippen molar-refractivity contribution in [1.29, 1.82) is 0 Å². The highest BCUT2D eigenvalue weighted by Gasteiger charge is 2.19. The molecular formula is C16H16N2O2S. The Morgan fingerprint density at radius 3 is 2.29 bits per heavy atom. The number of fused-ring (bicyclic) bond motifs is 1. The number of anilines is 1. The van der Waals surface area contributed by atoms with Gasteiger partial charge in [-0.15, -0.1) is 0 Å². The van der Waals surface area contributed by atoms with Gasteiger partial charge in [0.25, 0.3) is 10.0 Å². The molecule has 108 valence electrons.